The molecule has 2 aliphatic rings. The second-order valence-corrected chi connectivity index (χ2v) is 5.28. The van der Waals surface area contributed by atoms with Crippen LogP contribution in [-0.2, 0) is 14.3 Å². The minimum absolute atomic E-state index is 0.259. The molecule has 4 heteroatoms. The molecule has 0 aromatic carbocycles. The molecule has 2 fully saturated rings. The SMILES string of the molecule is COC(=O)C1(C2(O)CCCCC2)CCOCC1. The third-order valence-electron chi connectivity index (χ3n) is 4.49. The molecule has 0 amide bonds. The highest BCUT2D eigenvalue weighted by molar-refractivity contribution is 5.78. The second-order valence-electron chi connectivity index (χ2n) is 5.28. The Hall–Kier alpha value is -0.610. The predicted molar refractivity (Wildman–Crippen MR) is 62.5 cm³/mol. The van der Waals surface area contributed by atoms with Crippen LogP contribution >= 0.6 is 0 Å². The van der Waals surface area contributed by atoms with E-state index in [0.29, 0.717) is 38.9 Å². The van der Waals surface area contributed by atoms with Crippen molar-refractivity contribution in [3.63, 3.8) is 0 Å². The van der Waals surface area contributed by atoms with Crippen LogP contribution in [0.3, 0.4) is 0 Å². The lowest BCUT2D eigenvalue weighted by Crippen LogP contribution is -2.57. The highest BCUT2D eigenvalue weighted by atomic mass is 16.5. The number of methoxy groups -OCH3 is 1. The Balaban J connectivity index is 2.27. The number of esters is 1. The maximum atomic E-state index is 12.2. The maximum absolute atomic E-state index is 12.2. The van der Waals surface area contributed by atoms with E-state index in [1.807, 2.05) is 0 Å². The van der Waals surface area contributed by atoms with E-state index in [9.17, 15) is 9.90 Å². The fraction of sp³-hybridized carbons (Fsp3) is 0.923. The van der Waals surface area contributed by atoms with Crippen LogP contribution in [0.1, 0.15) is 44.9 Å². The number of carbonyl (C=O) groups excluding carboxylic acids is 1. The molecule has 1 heterocycles. The highest BCUT2D eigenvalue weighted by Gasteiger charge is 2.56. The van der Waals surface area contributed by atoms with E-state index in [-0.39, 0.29) is 5.97 Å². The van der Waals surface area contributed by atoms with Crippen molar-refractivity contribution in [2.75, 3.05) is 20.3 Å². The zero-order chi connectivity index (χ0) is 12.4. The zero-order valence-corrected chi connectivity index (χ0v) is 10.5. The Kier molecular flexibility index (Phi) is 3.73. The van der Waals surface area contributed by atoms with Crippen molar-refractivity contribution >= 4 is 5.97 Å². The number of ether oxygens (including phenoxy) is 2. The molecule has 4 nitrogen and oxygen atoms in total. The molecule has 2 rings (SSSR count). The Morgan fingerprint density at radius 3 is 2.24 bits per heavy atom. The summed E-state index contributed by atoms with van der Waals surface area (Å²) in [5.41, 5.74) is -1.62. The van der Waals surface area contributed by atoms with Gasteiger partial charge in [-0.1, -0.05) is 19.3 Å². The van der Waals surface area contributed by atoms with Gasteiger partial charge in [-0.25, -0.2) is 0 Å². The van der Waals surface area contributed by atoms with Gasteiger partial charge in [0.05, 0.1) is 12.7 Å². The molecule has 1 saturated heterocycles. The van der Waals surface area contributed by atoms with Gasteiger partial charge in [0.15, 0.2) is 0 Å². The number of aliphatic hydroxyl groups is 1. The van der Waals surface area contributed by atoms with Crippen molar-refractivity contribution in [3.05, 3.63) is 0 Å². The van der Waals surface area contributed by atoms with Gasteiger partial charge in [0.2, 0.25) is 0 Å². The highest BCUT2D eigenvalue weighted by Crippen LogP contribution is 2.49. The van der Waals surface area contributed by atoms with E-state index in [2.05, 4.69) is 0 Å². The van der Waals surface area contributed by atoms with Gasteiger partial charge in [0.25, 0.3) is 0 Å². The van der Waals surface area contributed by atoms with Crippen LogP contribution in [-0.4, -0.2) is 37.0 Å². The fourth-order valence-electron chi connectivity index (χ4n) is 3.39. The van der Waals surface area contributed by atoms with Gasteiger partial charge in [-0.3, -0.25) is 4.79 Å². The maximum Gasteiger partial charge on any atom is 0.314 e. The van der Waals surface area contributed by atoms with Crippen molar-refractivity contribution in [2.24, 2.45) is 5.41 Å². The molecule has 0 spiro atoms. The van der Waals surface area contributed by atoms with Gasteiger partial charge in [-0.05, 0) is 25.7 Å². The molecule has 1 aliphatic carbocycles. The minimum atomic E-state index is -0.887. The third kappa shape index (κ3) is 2.08. The molecular formula is C13H22O4. The van der Waals surface area contributed by atoms with Crippen LogP contribution in [0.25, 0.3) is 0 Å². The number of rotatable bonds is 2. The van der Waals surface area contributed by atoms with Crippen molar-refractivity contribution < 1.29 is 19.4 Å². The molecule has 1 aliphatic heterocycles. The van der Waals surface area contributed by atoms with Gasteiger partial charge >= 0.3 is 5.97 Å². The largest absolute Gasteiger partial charge is 0.469 e. The van der Waals surface area contributed by atoms with Crippen molar-refractivity contribution in [1.82, 2.24) is 0 Å². The first-order valence-corrected chi connectivity index (χ1v) is 6.53. The summed E-state index contributed by atoms with van der Waals surface area (Å²) in [6.07, 6.45) is 5.72. The van der Waals surface area contributed by atoms with Crippen molar-refractivity contribution in [2.45, 2.75) is 50.5 Å². The zero-order valence-electron chi connectivity index (χ0n) is 10.5. The Labute approximate surface area is 102 Å². The summed E-state index contributed by atoms with van der Waals surface area (Å²) in [6.45, 7) is 1.08. The molecule has 1 saturated carbocycles. The fourth-order valence-corrected chi connectivity index (χ4v) is 3.39. The van der Waals surface area contributed by atoms with Crippen molar-refractivity contribution in [3.8, 4) is 0 Å². The molecule has 98 valence electrons. The molecule has 0 aromatic heterocycles. The first-order chi connectivity index (χ1) is 8.15. The summed E-state index contributed by atoms with van der Waals surface area (Å²) >= 11 is 0. The van der Waals surface area contributed by atoms with Crippen LogP contribution in [0, 0.1) is 5.41 Å². The van der Waals surface area contributed by atoms with Gasteiger partial charge in [-0.2, -0.15) is 0 Å². The topological polar surface area (TPSA) is 55.8 Å². The summed E-state index contributed by atoms with van der Waals surface area (Å²) < 4.78 is 10.3. The first kappa shape index (κ1) is 12.8. The van der Waals surface area contributed by atoms with Gasteiger partial charge in [-0.15, -0.1) is 0 Å². The standard InChI is InChI=1S/C13H22O4/c1-16-11(14)12(7-9-17-10-8-12)13(15)5-3-2-4-6-13/h15H,2-10H2,1H3. The van der Waals surface area contributed by atoms with E-state index < -0.39 is 11.0 Å². The molecule has 0 atom stereocenters. The molecule has 17 heavy (non-hydrogen) atoms. The minimum Gasteiger partial charge on any atom is -0.469 e. The van der Waals surface area contributed by atoms with Crippen LogP contribution in [0.4, 0.5) is 0 Å². The van der Waals surface area contributed by atoms with Crippen LogP contribution in [0.15, 0.2) is 0 Å². The molecule has 0 unspecified atom stereocenters. The van der Waals surface area contributed by atoms with E-state index in [0.717, 1.165) is 19.3 Å². The summed E-state index contributed by atoms with van der Waals surface area (Å²) in [5, 5.41) is 10.9. The monoisotopic (exact) mass is 242 g/mol. The normalized spacial score (nSPS) is 27.4. The lowest BCUT2D eigenvalue weighted by molar-refractivity contribution is -0.193. The average molecular weight is 242 g/mol. The van der Waals surface area contributed by atoms with E-state index >= 15 is 0 Å². The summed E-state index contributed by atoms with van der Waals surface area (Å²) in [5.74, 6) is -0.259. The predicted octanol–water partition coefficient (Wildman–Crippen LogP) is 1.65. The molecule has 0 bridgehead atoms. The lowest BCUT2D eigenvalue weighted by Gasteiger charge is -2.48. The van der Waals surface area contributed by atoms with Gasteiger partial charge in [0.1, 0.15) is 5.41 Å². The van der Waals surface area contributed by atoms with Gasteiger partial charge in [0, 0.05) is 13.2 Å². The molecule has 0 aromatic rings. The summed E-state index contributed by atoms with van der Waals surface area (Å²) in [7, 11) is 1.41. The first-order valence-electron chi connectivity index (χ1n) is 6.53. The Morgan fingerprint density at radius 2 is 1.71 bits per heavy atom. The molecular weight excluding hydrogens is 220 g/mol. The van der Waals surface area contributed by atoms with Gasteiger partial charge < -0.3 is 14.6 Å². The summed E-state index contributed by atoms with van der Waals surface area (Å²) in [6, 6.07) is 0. The second kappa shape index (κ2) is 4.94. The van der Waals surface area contributed by atoms with E-state index in [4.69, 9.17) is 9.47 Å². The van der Waals surface area contributed by atoms with E-state index in [1.54, 1.807) is 0 Å². The Bertz CT molecular complexity index is 275. The van der Waals surface area contributed by atoms with Crippen LogP contribution < -0.4 is 0 Å². The Morgan fingerprint density at radius 1 is 1.12 bits per heavy atom. The van der Waals surface area contributed by atoms with Crippen molar-refractivity contribution in [1.29, 1.82) is 0 Å². The van der Waals surface area contributed by atoms with E-state index in [1.165, 1.54) is 7.11 Å². The van der Waals surface area contributed by atoms with Crippen LogP contribution in [0.5, 0.6) is 0 Å². The number of hydrogen-bond donors (Lipinski definition) is 1. The lowest BCUT2D eigenvalue weighted by atomic mass is 9.61. The summed E-state index contributed by atoms with van der Waals surface area (Å²) in [4.78, 5) is 12.2. The molecule has 1 N–H and O–H groups in total. The quantitative estimate of drug-likeness (QED) is 0.748. The number of hydrogen-bond acceptors (Lipinski definition) is 4. The van der Waals surface area contributed by atoms with Crippen LogP contribution in [0.2, 0.25) is 0 Å². The molecule has 0 radical (unpaired) electrons. The third-order valence-corrected chi connectivity index (χ3v) is 4.49. The number of carbonyl (C=O) groups is 1. The smallest absolute Gasteiger partial charge is 0.314 e. The average Bonchev–Trinajstić information content (AvgIpc) is 2.39.